The van der Waals surface area contributed by atoms with Crippen LogP contribution in [0.5, 0.6) is 5.75 Å². The number of methoxy groups -OCH3 is 1. The number of carbonyl (C=O) groups is 4. The van der Waals surface area contributed by atoms with E-state index in [1.807, 2.05) is 44.7 Å². The highest BCUT2D eigenvalue weighted by molar-refractivity contribution is 9.10. The Bertz CT molecular complexity index is 2440. The Balaban J connectivity index is 1.37. The van der Waals surface area contributed by atoms with Gasteiger partial charge in [-0.3, -0.25) is 33.9 Å². The van der Waals surface area contributed by atoms with E-state index >= 15 is 0 Å². The maximum absolute atomic E-state index is 13.7. The van der Waals surface area contributed by atoms with E-state index in [0.717, 1.165) is 5.56 Å². The average Bonchev–Trinajstić information content (AvgIpc) is 3.94. The standard InChI is InChI=1S/C39H44BrN11O6/c1-6-50-29(15-22(3)46-50)37(54)44-32-21-24-17-25(35(41)52)20-31(57-14-10-13-56-5)33(24)48(32)11-8-9-12-49-34-27(40)18-26(36(42)53)19-28(34)43-39(49)45-38(55)30-16-23(4)47-51(30)7-2/h8-9,15-20H,6-7,10-14,21H2,1-5H3,(H2,41,52)(H2,42,53)(H,43,45,55)/b9-8+,44-32?. The molecule has 5 aromatic rings. The van der Waals surface area contributed by atoms with Crippen LogP contribution in [-0.2, 0) is 30.8 Å². The highest BCUT2D eigenvalue weighted by Gasteiger charge is 2.31. The van der Waals surface area contributed by atoms with Crippen LogP contribution in [0.1, 0.15) is 78.9 Å². The quantitative estimate of drug-likeness (QED) is 0.0928. The van der Waals surface area contributed by atoms with Gasteiger partial charge in [-0.05, 0) is 85.6 Å². The van der Waals surface area contributed by atoms with Gasteiger partial charge in [-0.15, -0.1) is 0 Å². The molecule has 5 N–H and O–H groups in total. The number of amides is 4. The first kappa shape index (κ1) is 40.5. The minimum atomic E-state index is -0.624. The van der Waals surface area contributed by atoms with Gasteiger partial charge >= 0.3 is 0 Å². The summed E-state index contributed by atoms with van der Waals surface area (Å²) in [6.07, 6.45) is 4.61. The van der Waals surface area contributed by atoms with E-state index in [2.05, 4.69) is 41.4 Å². The Hall–Kier alpha value is -6.14. The molecule has 0 atom stereocenters. The molecule has 0 saturated heterocycles. The fourth-order valence-electron chi connectivity index (χ4n) is 6.70. The van der Waals surface area contributed by atoms with Crippen LogP contribution in [0.25, 0.3) is 11.0 Å². The number of aryl methyl sites for hydroxylation is 4. The number of benzene rings is 2. The molecule has 0 unspecified atom stereocenters. The summed E-state index contributed by atoms with van der Waals surface area (Å²) in [7, 11) is 1.61. The van der Waals surface area contributed by atoms with Crippen LogP contribution in [-0.4, -0.2) is 85.4 Å². The number of hydrogen-bond donors (Lipinski definition) is 3. The number of halogens is 1. The summed E-state index contributed by atoms with van der Waals surface area (Å²) in [5, 5.41) is 11.7. The van der Waals surface area contributed by atoms with Crippen LogP contribution >= 0.6 is 15.9 Å². The molecule has 2 aromatic carbocycles. The van der Waals surface area contributed by atoms with Crippen molar-refractivity contribution in [1.29, 1.82) is 0 Å². The van der Waals surface area contributed by atoms with Gasteiger partial charge in [-0.1, -0.05) is 12.2 Å². The van der Waals surface area contributed by atoms with Crippen molar-refractivity contribution in [3.05, 3.63) is 92.5 Å². The summed E-state index contributed by atoms with van der Waals surface area (Å²) in [6.45, 7) is 9.65. The van der Waals surface area contributed by atoms with Gasteiger partial charge in [0.2, 0.25) is 17.8 Å². The van der Waals surface area contributed by atoms with Crippen molar-refractivity contribution < 1.29 is 28.7 Å². The van der Waals surface area contributed by atoms with Crippen LogP contribution < -0.4 is 26.4 Å². The number of carbonyl (C=O) groups excluding carboxylic acids is 4. The van der Waals surface area contributed by atoms with E-state index in [1.54, 1.807) is 57.4 Å². The number of imidazole rings is 1. The molecule has 3 aromatic heterocycles. The summed E-state index contributed by atoms with van der Waals surface area (Å²) >= 11 is 3.58. The Kier molecular flexibility index (Phi) is 12.3. The molecule has 0 radical (unpaired) electrons. The van der Waals surface area contributed by atoms with Crippen molar-refractivity contribution in [2.24, 2.45) is 16.5 Å². The second-order valence-corrected chi connectivity index (χ2v) is 14.2. The van der Waals surface area contributed by atoms with E-state index in [0.29, 0.717) is 88.3 Å². The number of primary amides is 2. The third-order valence-corrected chi connectivity index (χ3v) is 9.86. The second kappa shape index (κ2) is 17.3. The molecule has 1 aliphatic heterocycles. The van der Waals surface area contributed by atoms with Gasteiger partial charge in [0.15, 0.2) is 0 Å². The predicted molar refractivity (Wildman–Crippen MR) is 218 cm³/mol. The van der Waals surface area contributed by atoms with Crippen molar-refractivity contribution in [3.8, 4) is 5.75 Å². The molecule has 298 valence electrons. The molecule has 0 aliphatic carbocycles. The molecule has 1 aliphatic rings. The third kappa shape index (κ3) is 8.66. The molecule has 18 heteroatoms. The number of hydrogen-bond acceptors (Lipinski definition) is 9. The fourth-order valence-corrected chi connectivity index (χ4v) is 7.36. The van der Waals surface area contributed by atoms with E-state index in [-0.39, 0.29) is 36.6 Å². The molecule has 6 rings (SSSR count). The number of aliphatic imine (C=N–C) groups is 1. The number of nitrogens with two attached hydrogens (primary N) is 2. The number of nitrogens with zero attached hydrogens (tertiary/aromatic N) is 8. The van der Waals surface area contributed by atoms with E-state index in [9.17, 15) is 19.2 Å². The van der Waals surface area contributed by atoms with Crippen molar-refractivity contribution in [2.45, 2.75) is 60.2 Å². The first-order chi connectivity index (χ1) is 27.3. The zero-order valence-corrected chi connectivity index (χ0v) is 33.9. The lowest BCUT2D eigenvalue weighted by atomic mass is 10.1. The maximum atomic E-state index is 13.7. The van der Waals surface area contributed by atoms with Gasteiger partial charge in [-0.2, -0.15) is 15.2 Å². The van der Waals surface area contributed by atoms with Crippen LogP contribution in [0.2, 0.25) is 0 Å². The predicted octanol–water partition coefficient (Wildman–Crippen LogP) is 4.57. The van der Waals surface area contributed by atoms with E-state index < -0.39 is 23.6 Å². The van der Waals surface area contributed by atoms with Crippen molar-refractivity contribution in [2.75, 3.05) is 37.1 Å². The van der Waals surface area contributed by atoms with Crippen molar-refractivity contribution in [1.82, 2.24) is 29.1 Å². The molecule has 4 amide bonds. The Morgan fingerprint density at radius 3 is 2.21 bits per heavy atom. The van der Waals surface area contributed by atoms with Gasteiger partial charge in [0.1, 0.15) is 23.0 Å². The van der Waals surface area contributed by atoms with E-state index in [1.165, 1.54) is 0 Å². The molecule has 0 bridgehead atoms. The largest absolute Gasteiger partial charge is 0.491 e. The molecule has 4 heterocycles. The number of aromatic nitrogens is 6. The normalized spacial score (nSPS) is 13.2. The average molecular weight is 843 g/mol. The van der Waals surface area contributed by atoms with Crippen molar-refractivity contribution >= 4 is 68.1 Å². The summed E-state index contributed by atoms with van der Waals surface area (Å²) < 4.78 is 17.0. The summed E-state index contributed by atoms with van der Waals surface area (Å²) in [6, 6.07) is 9.87. The lowest BCUT2D eigenvalue weighted by Crippen LogP contribution is -2.29. The fraction of sp³-hybridized carbons (Fsp3) is 0.333. The molecule has 0 fully saturated rings. The third-order valence-electron chi connectivity index (χ3n) is 9.25. The Morgan fingerprint density at radius 1 is 0.895 bits per heavy atom. The summed E-state index contributed by atoms with van der Waals surface area (Å²) in [5.74, 6) is -1.02. The Morgan fingerprint density at radius 2 is 1.54 bits per heavy atom. The van der Waals surface area contributed by atoms with Gasteiger partial charge < -0.3 is 30.4 Å². The Labute approximate surface area is 336 Å². The highest BCUT2D eigenvalue weighted by atomic mass is 79.9. The van der Waals surface area contributed by atoms with Crippen LogP contribution in [0.3, 0.4) is 0 Å². The zero-order valence-electron chi connectivity index (χ0n) is 32.3. The number of nitrogens with one attached hydrogen (secondary N) is 1. The summed E-state index contributed by atoms with van der Waals surface area (Å²) in [5.41, 5.74) is 16.4. The molecular formula is C39H44BrN11O6. The minimum absolute atomic E-state index is 0.231. The highest BCUT2D eigenvalue weighted by Crippen LogP contribution is 2.40. The van der Waals surface area contributed by atoms with Gasteiger partial charge in [-0.25, -0.2) is 4.98 Å². The van der Waals surface area contributed by atoms with E-state index in [4.69, 9.17) is 20.9 Å². The number of rotatable bonds is 16. The monoisotopic (exact) mass is 841 g/mol. The van der Waals surface area contributed by atoms with Crippen molar-refractivity contribution in [3.63, 3.8) is 0 Å². The lowest BCUT2D eigenvalue weighted by molar-refractivity contribution is 0.0986. The summed E-state index contributed by atoms with van der Waals surface area (Å²) in [4.78, 5) is 62.9. The maximum Gasteiger partial charge on any atom is 0.296 e. The SMILES string of the molecule is CCn1nc(C)cc1C(=O)N=C1Cc2cc(C(N)=O)cc(OCCCOC)c2N1C/C=C/Cn1c(NC(=O)c2cc(C)nn2CC)nc2cc(C(N)=O)cc(Br)c21. The lowest BCUT2D eigenvalue weighted by Gasteiger charge is -2.22. The van der Waals surface area contributed by atoms with Gasteiger partial charge in [0, 0.05) is 68.3 Å². The first-order valence-electron chi connectivity index (χ1n) is 18.4. The number of fused-ring (bicyclic) bond motifs is 2. The zero-order chi connectivity index (χ0) is 41.0. The number of ether oxygens (including phenoxy) is 2. The van der Waals surface area contributed by atoms with Crippen LogP contribution in [0.4, 0.5) is 11.6 Å². The molecule has 17 nitrogen and oxygen atoms in total. The number of anilines is 2. The number of amidine groups is 1. The molecule has 0 saturated carbocycles. The molecule has 57 heavy (non-hydrogen) atoms. The second-order valence-electron chi connectivity index (χ2n) is 13.3. The van der Waals surface area contributed by atoms with Crippen LogP contribution in [0, 0.1) is 13.8 Å². The molecule has 0 spiro atoms. The van der Waals surface area contributed by atoms with Crippen LogP contribution in [0.15, 0.2) is 58.0 Å². The first-order valence-corrected chi connectivity index (χ1v) is 19.1. The molecular weight excluding hydrogens is 798 g/mol. The van der Waals surface area contributed by atoms with Gasteiger partial charge in [0.05, 0.1) is 34.7 Å². The minimum Gasteiger partial charge on any atom is -0.491 e. The van der Waals surface area contributed by atoms with Gasteiger partial charge in [0.25, 0.3) is 11.8 Å². The topological polar surface area (TPSA) is 220 Å². The number of allylic oxidation sites excluding steroid dienone is 1. The smallest absolute Gasteiger partial charge is 0.296 e.